The summed E-state index contributed by atoms with van der Waals surface area (Å²) in [6, 6.07) is 13.8. The Morgan fingerprint density at radius 2 is 1.92 bits per heavy atom. The Morgan fingerprint density at radius 3 is 2.65 bits per heavy atom. The lowest BCUT2D eigenvalue weighted by Crippen LogP contribution is -2.33. The number of hydrogen-bond donors (Lipinski definition) is 0. The highest BCUT2D eigenvalue weighted by Gasteiger charge is 2.33. The van der Waals surface area contributed by atoms with Crippen LogP contribution in [0.3, 0.4) is 0 Å². The normalized spacial score (nSPS) is 17.0. The van der Waals surface area contributed by atoms with E-state index in [9.17, 15) is 4.79 Å². The summed E-state index contributed by atoms with van der Waals surface area (Å²) in [4.78, 5) is 14.6. The molecule has 1 fully saturated rings. The van der Waals surface area contributed by atoms with E-state index in [1.807, 2.05) is 36.4 Å². The smallest absolute Gasteiger partial charge is 0.336 e. The van der Waals surface area contributed by atoms with Gasteiger partial charge in [0.25, 0.3) is 0 Å². The molecule has 5 nitrogen and oxygen atoms in total. The first kappa shape index (κ1) is 15.5. The Labute approximate surface area is 150 Å². The van der Waals surface area contributed by atoms with E-state index < -0.39 is 0 Å². The van der Waals surface area contributed by atoms with Crippen LogP contribution >= 0.6 is 0 Å². The molecule has 0 N–H and O–H groups in total. The van der Waals surface area contributed by atoms with Gasteiger partial charge in [0.2, 0.25) is 0 Å². The van der Waals surface area contributed by atoms with Crippen LogP contribution < -0.4 is 15.1 Å². The number of hydrogen-bond acceptors (Lipinski definition) is 5. The number of rotatable bonds is 3. The zero-order valence-corrected chi connectivity index (χ0v) is 14.5. The molecule has 1 aromatic heterocycles. The van der Waals surface area contributed by atoms with E-state index in [4.69, 9.17) is 13.9 Å². The minimum Gasteiger partial charge on any atom is -0.497 e. The molecule has 2 heterocycles. The van der Waals surface area contributed by atoms with E-state index >= 15 is 0 Å². The molecule has 1 aliphatic heterocycles. The summed E-state index contributed by atoms with van der Waals surface area (Å²) in [5, 5.41) is 0.926. The van der Waals surface area contributed by atoms with Crippen molar-refractivity contribution in [2.24, 2.45) is 0 Å². The van der Waals surface area contributed by atoms with Crippen LogP contribution in [0, 0.1) is 0 Å². The van der Waals surface area contributed by atoms with Gasteiger partial charge in [-0.2, -0.15) is 0 Å². The van der Waals surface area contributed by atoms with E-state index in [0.29, 0.717) is 18.4 Å². The summed E-state index contributed by atoms with van der Waals surface area (Å²) in [5.41, 5.74) is 3.07. The topological polar surface area (TPSA) is 51.9 Å². The number of nitrogens with zero attached hydrogens (tertiary/aromatic N) is 1. The third-order valence-electron chi connectivity index (χ3n) is 5.18. The average molecular weight is 349 g/mol. The summed E-state index contributed by atoms with van der Waals surface area (Å²) >= 11 is 0. The molecular formula is C21H19NO4. The zero-order valence-electron chi connectivity index (χ0n) is 14.5. The Bertz CT molecular complexity index is 1030. The van der Waals surface area contributed by atoms with E-state index in [0.717, 1.165) is 40.1 Å². The molecule has 132 valence electrons. The number of benzene rings is 2. The lowest BCUT2D eigenvalue weighted by Gasteiger charge is -2.29. The van der Waals surface area contributed by atoms with Gasteiger partial charge in [0.15, 0.2) is 0 Å². The minimum atomic E-state index is -0.347. The van der Waals surface area contributed by atoms with Crippen molar-refractivity contribution in [3.05, 3.63) is 58.4 Å². The Hall–Kier alpha value is -2.79. The van der Waals surface area contributed by atoms with Crippen LogP contribution in [0.2, 0.25) is 0 Å². The van der Waals surface area contributed by atoms with Gasteiger partial charge in [-0.25, -0.2) is 4.79 Å². The third kappa shape index (κ3) is 2.56. The molecule has 5 heteroatoms. The lowest BCUT2D eigenvalue weighted by molar-refractivity contribution is 0.0885. The summed E-state index contributed by atoms with van der Waals surface area (Å²) in [6.45, 7) is 1.36. The van der Waals surface area contributed by atoms with Crippen molar-refractivity contribution in [1.82, 2.24) is 4.90 Å². The molecule has 5 rings (SSSR count). The van der Waals surface area contributed by atoms with Crippen LogP contribution in [0.25, 0.3) is 22.1 Å². The maximum absolute atomic E-state index is 12.3. The molecule has 2 aromatic carbocycles. The number of fused-ring (bicyclic) bond motifs is 3. The van der Waals surface area contributed by atoms with Gasteiger partial charge in [0.05, 0.1) is 12.7 Å². The van der Waals surface area contributed by atoms with Crippen LogP contribution in [0.5, 0.6) is 11.5 Å². The van der Waals surface area contributed by atoms with Crippen LogP contribution in [0.4, 0.5) is 0 Å². The fraction of sp³-hybridized carbons (Fsp3) is 0.286. The van der Waals surface area contributed by atoms with Crippen LogP contribution in [-0.2, 0) is 6.54 Å². The third-order valence-corrected chi connectivity index (χ3v) is 5.18. The van der Waals surface area contributed by atoms with Gasteiger partial charge in [-0.1, -0.05) is 12.1 Å². The average Bonchev–Trinajstić information content (AvgIpc) is 3.52. The maximum Gasteiger partial charge on any atom is 0.336 e. The molecule has 0 saturated heterocycles. The van der Waals surface area contributed by atoms with E-state index in [1.54, 1.807) is 13.2 Å². The second-order valence-electron chi connectivity index (χ2n) is 6.88. The molecule has 1 saturated carbocycles. The van der Waals surface area contributed by atoms with Crippen LogP contribution in [0.15, 0.2) is 51.7 Å². The standard InChI is InChI=1S/C21H19NO4/c1-24-15-6-2-13(3-7-15)17-10-20(23)26-21-16(17)8-9-19-18(21)11-22(12-25-19)14-4-5-14/h2-3,6-10,14H,4-5,11-12H2,1H3. The predicted molar refractivity (Wildman–Crippen MR) is 98.5 cm³/mol. The largest absolute Gasteiger partial charge is 0.497 e. The van der Waals surface area contributed by atoms with Gasteiger partial charge in [-0.15, -0.1) is 0 Å². The summed E-state index contributed by atoms with van der Waals surface area (Å²) in [5.74, 6) is 1.59. The van der Waals surface area contributed by atoms with Gasteiger partial charge in [-0.3, -0.25) is 4.90 Å². The summed E-state index contributed by atoms with van der Waals surface area (Å²) in [7, 11) is 1.64. The minimum absolute atomic E-state index is 0.347. The fourth-order valence-electron chi connectivity index (χ4n) is 3.63. The SMILES string of the molecule is COc1ccc(-c2cc(=O)oc3c4c(ccc23)OCN(C2CC2)C4)cc1. The predicted octanol–water partition coefficient (Wildman–Crippen LogP) is 3.78. The molecule has 26 heavy (non-hydrogen) atoms. The van der Waals surface area contributed by atoms with Crippen molar-refractivity contribution in [3.8, 4) is 22.6 Å². The zero-order chi connectivity index (χ0) is 17.7. The van der Waals surface area contributed by atoms with E-state index in [2.05, 4.69) is 4.90 Å². The summed E-state index contributed by atoms with van der Waals surface area (Å²) < 4.78 is 16.8. The second kappa shape index (κ2) is 5.88. The second-order valence-corrected chi connectivity index (χ2v) is 6.88. The Morgan fingerprint density at radius 1 is 1.12 bits per heavy atom. The molecule has 0 unspecified atom stereocenters. The van der Waals surface area contributed by atoms with Gasteiger partial charge in [-0.05, 0) is 48.2 Å². The molecule has 1 aliphatic carbocycles. The molecule has 3 aromatic rings. The molecular weight excluding hydrogens is 330 g/mol. The molecule has 0 spiro atoms. The highest BCUT2D eigenvalue weighted by molar-refractivity contribution is 5.95. The number of methoxy groups -OCH3 is 1. The van der Waals surface area contributed by atoms with Crippen molar-refractivity contribution < 1.29 is 13.9 Å². The maximum atomic E-state index is 12.3. The first-order chi connectivity index (χ1) is 12.7. The quantitative estimate of drug-likeness (QED) is 0.674. The van der Waals surface area contributed by atoms with Crippen molar-refractivity contribution >= 4 is 11.0 Å². The Kier molecular flexibility index (Phi) is 3.50. The van der Waals surface area contributed by atoms with Crippen LogP contribution in [0.1, 0.15) is 18.4 Å². The highest BCUT2D eigenvalue weighted by Crippen LogP contribution is 2.39. The van der Waals surface area contributed by atoms with Gasteiger partial charge in [0, 0.05) is 24.0 Å². The van der Waals surface area contributed by atoms with Gasteiger partial charge < -0.3 is 13.9 Å². The van der Waals surface area contributed by atoms with Crippen molar-refractivity contribution in [2.45, 2.75) is 25.4 Å². The fourth-order valence-corrected chi connectivity index (χ4v) is 3.63. The molecule has 0 atom stereocenters. The van der Waals surface area contributed by atoms with Gasteiger partial charge >= 0.3 is 5.63 Å². The number of ether oxygens (including phenoxy) is 2. The molecule has 0 radical (unpaired) electrons. The first-order valence-corrected chi connectivity index (χ1v) is 8.84. The highest BCUT2D eigenvalue weighted by atomic mass is 16.5. The molecule has 0 amide bonds. The Balaban J connectivity index is 1.68. The van der Waals surface area contributed by atoms with Crippen molar-refractivity contribution in [3.63, 3.8) is 0 Å². The van der Waals surface area contributed by atoms with Gasteiger partial charge in [0.1, 0.15) is 23.8 Å². The molecule has 0 bridgehead atoms. The lowest BCUT2D eigenvalue weighted by atomic mass is 9.99. The summed E-state index contributed by atoms with van der Waals surface area (Å²) in [6.07, 6.45) is 2.43. The first-order valence-electron chi connectivity index (χ1n) is 8.84. The van der Waals surface area contributed by atoms with Crippen molar-refractivity contribution in [2.75, 3.05) is 13.8 Å². The molecule has 2 aliphatic rings. The monoisotopic (exact) mass is 349 g/mol. The van der Waals surface area contributed by atoms with Crippen molar-refractivity contribution in [1.29, 1.82) is 0 Å². The van der Waals surface area contributed by atoms with E-state index in [1.165, 1.54) is 12.8 Å². The van der Waals surface area contributed by atoms with E-state index in [-0.39, 0.29) is 5.63 Å². The van der Waals surface area contributed by atoms with Crippen LogP contribution in [-0.4, -0.2) is 24.8 Å².